The molecule has 2 aromatic heterocycles. The number of carbonyl (C=O) groups is 1. The maximum absolute atomic E-state index is 13.1. The Balaban J connectivity index is 1.61. The van der Waals surface area contributed by atoms with E-state index in [4.69, 9.17) is 9.26 Å². The van der Waals surface area contributed by atoms with Crippen LogP contribution < -0.4 is 4.74 Å². The fourth-order valence-electron chi connectivity index (χ4n) is 3.55. The zero-order chi connectivity index (χ0) is 19.7. The Hall–Kier alpha value is -3.15. The molecular formula is C22H23N3O3. The van der Waals surface area contributed by atoms with E-state index in [2.05, 4.69) is 16.2 Å². The number of pyridine rings is 1. The van der Waals surface area contributed by atoms with Crippen molar-refractivity contribution in [1.29, 1.82) is 0 Å². The van der Waals surface area contributed by atoms with Crippen molar-refractivity contribution in [3.8, 4) is 16.9 Å². The van der Waals surface area contributed by atoms with Crippen molar-refractivity contribution in [2.24, 2.45) is 0 Å². The molecule has 3 heterocycles. The number of nitrogens with zero attached hydrogens (tertiary/aromatic N) is 3. The van der Waals surface area contributed by atoms with E-state index >= 15 is 0 Å². The molecule has 4 rings (SSSR count). The van der Waals surface area contributed by atoms with Gasteiger partial charge in [-0.1, -0.05) is 11.2 Å². The molecule has 1 aliphatic heterocycles. The lowest BCUT2D eigenvalue weighted by molar-refractivity contribution is -0.133. The minimum absolute atomic E-state index is 0.0234. The number of benzene rings is 1. The Labute approximate surface area is 164 Å². The maximum Gasteiger partial charge on any atom is 0.227 e. The lowest BCUT2D eigenvalue weighted by Gasteiger charge is -2.26. The molecular weight excluding hydrogens is 354 g/mol. The third-order valence-electron chi connectivity index (χ3n) is 5.26. The van der Waals surface area contributed by atoms with Gasteiger partial charge in [-0.2, -0.15) is 0 Å². The van der Waals surface area contributed by atoms with Gasteiger partial charge in [0.25, 0.3) is 0 Å². The predicted octanol–water partition coefficient (Wildman–Crippen LogP) is 3.71. The second-order valence-electron chi connectivity index (χ2n) is 7.22. The van der Waals surface area contributed by atoms with Gasteiger partial charge in [-0.3, -0.25) is 9.78 Å². The molecule has 0 N–H and O–H groups in total. The van der Waals surface area contributed by atoms with E-state index < -0.39 is 0 Å². The fourth-order valence-corrected chi connectivity index (χ4v) is 3.55. The summed E-state index contributed by atoms with van der Waals surface area (Å²) >= 11 is 0. The summed E-state index contributed by atoms with van der Waals surface area (Å²) < 4.78 is 11.2. The highest BCUT2D eigenvalue weighted by Gasteiger charge is 2.27. The van der Waals surface area contributed by atoms with Gasteiger partial charge in [0.2, 0.25) is 5.91 Å². The minimum atomic E-state index is -0.0234. The van der Waals surface area contributed by atoms with Crippen molar-refractivity contribution >= 4 is 5.91 Å². The van der Waals surface area contributed by atoms with Crippen molar-refractivity contribution in [3.05, 3.63) is 65.3 Å². The van der Waals surface area contributed by atoms with Gasteiger partial charge < -0.3 is 14.2 Å². The van der Waals surface area contributed by atoms with E-state index in [1.54, 1.807) is 12.4 Å². The van der Waals surface area contributed by atoms with Gasteiger partial charge in [-0.15, -0.1) is 0 Å². The summed E-state index contributed by atoms with van der Waals surface area (Å²) in [5.41, 5.74) is 4.81. The van der Waals surface area contributed by atoms with Crippen LogP contribution in [0.5, 0.6) is 5.75 Å². The second kappa shape index (κ2) is 7.46. The minimum Gasteiger partial charge on any atom is -0.491 e. The Morgan fingerprint density at radius 3 is 2.68 bits per heavy atom. The van der Waals surface area contributed by atoms with Crippen LogP contribution in [-0.2, 0) is 17.8 Å². The van der Waals surface area contributed by atoms with Crippen LogP contribution in [0, 0.1) is 13.8 Å². The molecule has 0 bridgehead atoms. The smallest absolute Gasteiger partial charge is 0.227 e. The first-order valence-electron chi connectivity index (χ1n) is 9.40. The highest BCUT2D eigenvalue weighted by molar-refractivity contribution is 5.80. The molecule has 0 aliphatic carbocycles. The molecule has 6 nitrogen and oxygen atoms in total. The lowest BCUT2D eigenvalue weighted by atomic mass is 10.0. The molecule has 3 aromatic rings. The topological polar surface area (TPSA) is 68.5 Å². The summed E-state index contributed by atoms with van der Waals surface area (Å²) in [6.07, 6.45) is 3.84. The van der Waals surface area contributed by atoms with Gasteiger partial charge in [0, 0.05) is 30.1 Å². The van der Waals surface area contributed by atoms with Crippen LogP contribution in [0.4, 0.5) is 0 Å². The number of aromatic nitrogens is 2. The van der Waals surface area contributed by atoms with Crippen LogP contribution in [0.1, 0.15) is 29.5 Å². The molecule has 0 saturated heterocycles. The van der Waals surface area contributed by atoms with Gasteiger partial charge in [0.15, 0.2) is 0 Å². The monoisotopic (exact) mass is 377 g/mol. The quantitative estimate of drug-likeness (QED) is 0.696. The van der Waals surface area contributed by atoms with E-state index in [0.717, 1.165) is 33.7 Å². The molecule has 144 valence electrons. The Morgan fingerprint density at radius 2 is 1.96 bits per heavy atom. The maximum atomic E-state index is 13.1. The van der Waals surface area contributed by atoms with E-state index in [1.807, 2.05) is 49.9 Å². The van der Waals surface area contributed by atoms with Gasteiger partial charge in [0.1, 0.15) is 18.1 Å². The second-order valence-corrected chi connectivity index (χ2v) is 7.22. The summed E-state index contributed by atoms with van der Waals surface area (Å²) in [5.74, 6) is 1.58. The first kappa shape index (κ1) is 18.2. The Kier molecular flexibility index (Phi) is 4.86. The van der Waals surface area contributed by atoms with Crippen molar-refractivity contribution in [3.63, 3.8) is 0 Å². The normalized spacial score (nSPS) is 16.2. The number of carbonyl (C=O) groups excluding carboxylic acids is 1. The molecule has 1 amide bonds. The average molecular weight is 377 g/mol. The molecule has 0 fully saturated rings. The van der Waals surface area contributed by atoms with Crippen LogP contribution >= 0.6 is 0 Å². The van der Waals surface area contributed by atoms with Crippen molar-refractivity contribution in [1.82, 2.24) is 15.0 Å². The zero-order valence-electron chi connectivity index (χ0n) is 16.3. The van der Waals surface area contributed by atoms with Crippen LogP contribution in [0.15, 0.2) is 47.2 Å². The molecule has 0 radical (unpaired) electrons. The number of rotatable bonds is 3. The molecule has 1 aromatic carbocycles. The first-order valence-corrected chi connectivity index (χ1v) is 9.40. The summed E-state index contributed by atoms with van der Waals surface area (Å²) in [6.45, 7) is 6.70. The van der Waals surface area contributed by atoms with E-state index in [1.165, 1.54) is 0 Å². The fraction of sp³-hybridized carbons (Fsp3) is 0.318. The van der Waals surface area contributed by atoms with Gasteiger partial charge in [0.05, 0.1) is 18.2 Å². The standard InChI is InChI=1S/C22H23N3O3/c1-14-13-27-21-5-4-18(17-6-8-23-9-7-17)10-19(21)12-25(14)22(26)11-20-15(2)24-28-16(20)3/h4-10,14H,11-13H2,1-3H3/t14-/m0/s1. The largest absolute Gasteiger partial charge is 0.491 e. The molecule has 1 atom stereocenters. The van der Waals surface area contributed by atoms with Crippen molar-refractivity contribution in [2.75, 3.05) is 6.61 Å². The number of ether oxygens (including phenoxy) is 1. The lowest BCUT2D eigenvalue weighted by Crippen LogP contribution is -2.40. The van der Waals surface area contributed by atoms with Gasteiger partial charge in [-0.05, 0) is 56.2 Å². The molecule has 1 aliphatic rings. The number of amides is 1. The zero-order valence-corrected chi connectivity index (χ0v) is 16.3. The SMILES string of the molecule is Cc1noc(C)c1CC(=O)N1Cc2cc(-c3ccncc3)ccc2OC[C@@H]1C. The van der Waals surface area contributed by atoms with Crippen LogP contribution in [-0.4, -0.2) is 33.6 Å². The number of hydrogen-bond acceptors (Lipinski definition) is 5. The Morgan fingerprint density at radius 1 is 1.18 bits per heavy atom. The highest BCUT2D eigenvalue weighted by atomic mass is 16.5. The Bertz CT molecular complexity index is 978. The van der Waals surface area contributed by atoms with Crippen molar-refractivity contribution in [2.45, 2.75) is 39.8 Å². The summed E-state index contributed by atoms with van der Waals surface area (Å²) in [6, 6.07) is 10.0. The number of hydrogen-bond donors (Lipinski definition) is 0. The molecule has 6 heteroatoms. The molecule has 0 spiro atoms. The number of aryl methyl sites for hydroxylation is 2. The third-order valence-corrected chi connectivity index (χ3v) is 5.26. The van der Waals surface area contributed by atoms with Gasteiger partial charge >= 0.3 is 0 Å². The molecule has 0 unspecified atom stereocenters. The van der Waals surface area contributed by atoms with E-state index in [0.29, 0.717) is 18.9 Å². The van der Waals surface area contributed by atoms with Crippen LogP contribution in [0.25, 0.3) is 11.1 Å². The summed E-state index contributed by atoms with van der Waals surface area (Å²) in [7, 11) is 0. The molecule has 0 saturated carbocycles. The summed E-state index contributed by atoms with van der Waals surface area (Å²) in [5, 5.41) is 3.96. The predicted molar refractivity (Wildman–Crippen MR) is 105 cm³/mol. The van der Waals surface area contributed by atoms with Gasteiger partial charge in [-0.25, -0.2) is 0 Å². The molecule has 28 heavy (non-hydrogen) atoms. The van der Waals surface area contributed by atoms with Crippen molar-refractivity contribution < 1.29 is 14.1 Å². The first-order chi connectivity index (χ1) is 13.5. The van der Waals surface area contributed by atoms with E-state index in [9.17, 15) is 4.79 Å². The third kappa shape index (κ3) is 3.50. The number of fused-ring (bicyclic) bond motifs is 1. The summed E-state index contributed by atoms with van der Waals surface area (Å²) in [4.78, 5) is 19.1. The average Bonchev–Trinajstić information content (AvgIpc) is 2.93. The highest BCUT2D eigenvalue weighted by Crippen LogP contribution is 2.30. The van der Waals surface area contributed by atoms with Crippen LogP contribution in [0.3, 0.4) is 0 Å². The van der Waals surface area contributed by atoms with E-state index in [-0.39, 0.29) is 18.4 Å². The van der Waals surface area contributed by atoms with Crippen LogP contribution in [0.2, 0.25) is 0 Å².